The zero-order valence-corrected chi connectivity index (χ0v) is 19.8. The lowest BCUT2D eigenvalue weighted by atomic mass is 9.95. The van der Waals surface area contributed by atoms with Crippen LogP contribution in [0, 0.1) is 16.0 Å². The molecular weight excluding hydrogens is 462 g/mol. The minimum Gasteiger partial charge on any atom is -0.507 e. The second-order valence-corrected chi connectivity index (χ2v) is 8.87. The van der Waals surface area contributed by atoms with Gasteiger partial charge in [-0.25, -0.2) is 0 Å². The number of nitrogens with zero attached hydrogens (tertiary/aromatic N) is 3. The van der Waals surface area contributed by atoms with Gasteiger partial charge in [-0.1, -0.05) is 19.9 Å². The predicted octanol–water partition coefficient (Wildman–Crippen LogP) is 4.65. The molecule has 9 nitrogen and oxygen atoms in total. The van der Waals surface area contributed by atoms with Crippen LogP contribution in [0.5, 0.6) is 5.75 Å². The molecule has 1 saturated heterocycles. The van der Waals surface area contributed by atoms with Crippen LogP contribution < -0.4 is 4.74 Å². The topological polar surface area (TPSA) is 123 Å². The molecule has 3 aromatic rings. The highest BCUT2D eigenvalue weighted by Gasteiger charge is 2.46. The minimum atomic E-state index is -0.942. The molecule has 36 heavy (non-hydrogen) atoms. The molecule has 2 heterocycles. The van der Waals surface area contributed by atoms with Crippen LogP contribution in [0.4, 0.5) is 5.69 Å². The first kappa shape index (κ1) is 24.6. The third kappa shape index (κ3) is 5.10. The zero-order chi connectivity index (χ0) is 25.8. The Kier molecular flexibility index (Phi) is 7.10. The number of aromatic nitrogens is 1. The van der Waals surface area contributed by atoms with Crippen molar-refractivity contribution < 1.29 is 24.4 Å². The average molecular weight is 488 g/mol. The van der Waals surface area contributed by atoms with E-state index in [9.17, 15) is 24.8 Å². The number of benzene rings is 2. The van der Waals surface area contributed by atoms with E-state index in [2.05, 4.69) is 4.98 Å². The average Bonchev–Trinajstić information content (AvgIpc) is 3.13. The van der Waals surface area contributed by atoms with Crippen LogP contribution in [-0.2, 0) is 16.1 Å². The van der Waals surface area contributed by atoms with E-state index in [4.69, 9.17) is 4.74 Å². The lowest BCUT2D eigenvalue weighted by molar-refractivity contribution is -0.384. The highest BCUT2D eigenvalue weighted by atomic mass is 16.6. The molecule has 1 atom stereocenters. The summed E-state index contributed by atoms with van der Waals surface area (Å²) >= 11 is 0. The highest BCUT2D eigenvalue weighted by Crippen LogP contribution is 2.40. The number of hydrogen-bond donors (Lipinski definition) is 1. The zero-order valence-electron chi connectivity index (χ0n) is 19.8. The number of likely N-dealkylation sites (tertiary alicyclic amines) is 1. The van der Waals surface area contributed by atoms with Crippen molar-refractivity contribution in [1.82, 2.24) is 9.88 Å². The van der Waals surface area contributed by atoms with Gasteiger partial charge in [0.05, 0.1) is 23.1 Å². The summed E-state index contributed by atoms with van der Waals surface area (Å²) in [6.45, 7) is 4.66. The summed E-state index contributed by atoms with van der Waals surface area (Å²) in [5.74, 6) is -0.985. The number of aliphatic hydroxyl groups excluding tert-OH is 1. The van der Waals surface area contributed by atoms with Gasteiger partial charge >= 0.3 is 0 Å². The Bertz CT molecular complexity index is 1300. The van der Waals surface area contributed by atoms with Gasteiger partial charge in [-0.15, -0.1) is 0 Å². The number of carbonyl (C=O) groups excluding carboxylic acids is 2. The van der Waals surface area contributed by atoms with Crippen LogP contribution in [0.2, 0.25) is 0 Å². The van der Waals surface area contributed by atoms with E-state index in [1.807, 2.05) is 13.8 Å². The van der Waals surface area contributed by atoms with Gasteiger partial charge < -0.3 is 14.7 Å². The number of ether oxygens (including phenoxy) is 1. The Labute approximate surface area is 207 Å². The number of pyridine rings is 1. The molecule has 1 aliphatic rings. The number of carbonyl (C=O) groups is 2. The summed E-state index contributed by atoms with van der Waals surface area (Å²) in [5.41, 5.74) is 1.28. The maximum atomic E-state index is 13.2. The van der Waals surface area contributed by atoms with Crippen molar-refractivity contribution in [3.63, 3.8) is 0 Å². The number of ketones is 1. The van der Waals surface area contributed by atoms with Gasteiger partial charge in [-0.05, 0) is 59.5 Å². The fraction of sp³-hybridized carbons (Fsp3) is 0.222. The molecule has 1 N–H and O–H groups in total. The second-order valence-electron chi connectivity index (χ2n) is 8.87. The van der Waals surface area contributed by atoms with Gasteiger partial charge in [0.25, 0.3) is 17.4 Å². The van der Waals surface area contributed by atoms with Crippen molar-refractivity contribution >= 4 is 23.1 Å². The monoisotopic (exact) mass is 487 g/mol. The fourth-order valence-electron chi connectivity index (χ4n) is 3.98. The van der Waals surface area contributed by atoms with Crippen LogP contribution in [0.25, 0.3) is 5.76 Å². The molecular formula is C27H25N3O6. The first-order valence-electron chi connectivity index (χ1n) is 11.4. The number of rotatable bonds is 8. The molecule has 9 heteroatoms. The normalized spacial score (nSPS) is 17.0. The molecule has 0 saturated carbocycles. The summed E-state index contributed by atoms with van der Waals surface area (Å²) in [7, 11) is 0. The van der Waals surface area contributed by atoms with Crippen LogP contribution in [-0.4, -0.2) is 38.2 Å². The van der Waals surface area contributed by atoms with Crippen LogP contribution in [0.1, 0.15) is 36.6 Å². The summed E-state index contributed by atoms with van der Waals surface area (Å²) in [5, 5.41) is 22.3. The van der Waals surface area contributed by atoms with E-state index in [-0.39, 0.29) is 23.6 Å². The Balaban J connectivity index is 1.77. The van der Waals surface area contributed by atoms with Gasteiger partial charge in [0.15, 0.2) is 0 Å². The maximum absolute atomic E-state index is 13.2. The fourth-order valence-corrected chi connectivity index (χ4v) is 3.98. The molecule has 2 aromatic carbocycles. The first-order chi connectivity index (χ1) is 17.3. The molecule has 1 fully saturated rings. The first-order valence-corrected chi connectivity index (χ1v) is 11.4. The van der Waals surface area contributed by atoms with Crippen molar-refractivity contribution in [1.29, 1.82) is 0 Å². The maximum Gasteiger partial charge on any atom is 0.295 e. The lowest BCUT2D eigenvalue weighted by Gasteiger charge is -2.25. The van der Waals surface area contributed by atoms with Gasteiger partial charge in [0, 0.05) is 36.6 Å². The Hall–Kier alpha value is -4.53. The van der Waals surface area contributed by atoms with E-state index < -0.39 is 22.7 Å². The van der Waals surface area contributed by atoms with Gasteiger partial charge in [-0.2, -0.15) is 0 Å². The SMILES string of the molecule is CC(C)COc1ccc(C(O)=C2C(=O)C(=O)N(Cc3cccnc3)[C@@H]2c2ccc([N+](=O)[O-])cc2)cc1. The number of nitro benzene ring substituents is 1. The minimum absolute atomic E-state index is 0.0683. The van der Waals surface area contributed by atoms with Crippen molar-refractivity contribution in [2.24, 2.45) is 5.92 Å². The van der Waals surface area contributed by atoms with E-state index >= 15 is 0 Å². The van der Waals surface area contributed by atoms with E-state index in [0.29, 0.717) is 35.0 Å². The molecule has 1 aliphatic heterocycles. The number of Topliss-reactive ketones (excluding diaryl/α,β-unsaturated/α-hetero) is 1. The number of aliphatic hydroxyl groups is 1. The summed E-state index contributed by atoms with van der Waals surface area (Å²) < 4.78 is 5.68. The van der Waals surface area contributed by atoms with Crippen LogP contribution in [0.15, 0.2) is 78.6 Å². The lowest BCUT2D eigenvalue weighted by Crippen LogP contribution is -2.29. The molecule has 1 aromatic heterocycles. The van der Waals surface area contributed by atoms with E-state index in [0.717, 1.165) is 0 Å². The molecule has 0 aliphatic carbocycles. The molecule has 0 unspecified atom stereocenters. The molecule has 0 bridgehead atoms. The highest BCUT2D eigenvalue weighted by molar-refractivity contribution is 6.46. The Morgan fingerprint density at radius 2 is 1.81 bits per heavy atom. The van der Waals surface area contributed by atoms with Crippen molar-refractivity contribution in [2.75, 3.05) is 6.61 Å². The predicted molar refractivity (Wildman–Crippen MR) is 132 cm³/mol. The van der Waals surface area contributed by atoms with Crippen LogP contribution in [0.3, 0.4) is 0 Å². The van der Waals surface area contributed by atoms with Crippen molar-refractivity contribution in [3.05, 3.63) is 105 Å². The Morgan fingerprint density at radius 3 is 2.39 bits per heavy atom. The van der Waals surface area contributed by atoms with Gasteiger partial charge in [0.1, 0.15) is 11.5 Å². The summed E-state index contributed by atoms with van der Waals surface area (Å²) in [6, 6.07) is 14.7. The largest absolute Gasteiger partial charge is 0.507 e. The third-order valence-electron chi connectivity index (χ3n) is 5.75. The molecule has 0 spiro atoms. The molecule has 184 valence electrons. The number of hydrogen-bond acceptors (Lipinski definition) is 7. The molecule has 0 radical (unpaired) electrons. The van der Waals surface area contributed by atoms with Crippen molar-refractivity contribution in [2.45, 2.75) is 26.4 Å². The molecule has 4 rings (SSSR count). The summed E-state index contributed by atoms with van der Waals surface area (Å²) in [4.78, 5) is 42.3. The Morgan fingerprint density at radius 1 is 1.11 bits per heavy atom. The number of amides is 1. The number of non-ortho nitro benzene ring substituents is 1. The van der Waals surface area contributed by atoms with Crippen LogP contribution >= 0.6 is 0 Å². The van der Waals surface area contributed by atoms with Gasteiger partial charge in [0.2, 0.25) is 0 Å². The second kappa shape index (κ2) is 10.4. The smallest absolute Gasteiger partial charge is 0.295 e. The molecule has 1 amide bonds. The standard InChI is InChI=1S/C27H25N3O6/c1-17(2)16-36-22-11-7-20(8-12-22)25(31)23-24(19-5-9-21(10-6-19)30(34)35)29(27(33)26(23)32)15-18-4-3-13-28-14-18/h3-14,17,24,31H,15-16H2,1-2H3/t24-/m1/s1. The third-order valence-corrected chi connectivity index (χ3v) is 5.75. The van der Waals surface area contributed by atoms with E-state index in [1.165, 1.54) is 29.2 Å². The quantitative estimate of drug-likeness (QED) is 0.161. The van der Waals surface area contributed by atoms with E-state index in [1.54, 1.807) is 48.8 Å². The summed E-state index contributed by atoms with van der Waals surface area (Å²) in [6.07, 6.45) is 3.18. The number of nitro groups is 1. The van der Waals surface area contributed by atoms with Crippen molar-refractivity contribution in [3.8, 4) is 5.75 Å². The van der Waals surface area contributed by atoms with Gasteiger partial charge in [-0.3, -0.25) is 24.7 Å².